The molecule has 3 aromatic rings. The fourth-order valence-corrected chi connectivity index (χ4v) is 3.13. The number of anilines is 1. The second-order valence-electron chi connectivity index (χ2n) is 6.96. The van der Waals surface area contributed by atoms with Gasteiger partial charge in [-0.05, 0) is 59.9 Å². The van der Waals surface area contributed by atoms with Gasteiger partial charge in [0.05, 0.1) is 7.11 Å². The van der Waals surface area contributed by atoms with Crippen LogP contribution in [0.1, 0.15) is 29.2 Å². The average Bonchev–Trinajstić information content (AvgIpc) is 2.77. The summed E-state index contributed by atoms with van der Waals surface area (Å²) in [5, 5.41) is 2.93. The van der Waals surface area contributed by atoms with Crippen LogP contribution in [0.4, 0.5) is 5.69 Å². The van der Waals surface area contributed by atoms with Crippen molar-refractivity contribution >= 4 is 17.7 Å². The van der Waals surface area contributed by atoms with E-state index in [0.29, 0.717) is 18.1 Å². The summed E-state index contributed by atoms with van der Waals surface area (Å²) in [5.41, 5.74) is 5.12. The Hall–Kier alpha value is -3.53. The molecule has 0 heterocycles. The first-order valence-corrected chi connectivity index (χ1v) is 10.0. The number of carbonyl (C=O) groups is 1. The van der Waals surface area contributed by atoms with E-state index in [1.807, 2.05) is 60.7 Å². The third-order valence-electron chi connectivity index (χ3n) is 4.92. The van der Waals surface area contributed by atoms with Crippen molar-refractivity contribution in [1.82, 2.24) is 0 Å². The Labute approximate surface area is 178 Å². The maximum absolute atomic E-state index is 12.3. The fourth-order valence-electron chi connectivity index (χ4n) is 3.13. The van der Waals surface area contributed by atoms with Crippen LogP contribution in [0.25, 0.3) is 6.08 Å². The molecule has 1 N–H and O–H groups in total. The monoisotopic (exact) mass is 401 g/mol. The Morgan fingerprint density at radius 1 is 0.967 bits per heavy atom. The van der Waals surface area contributed by atoms with Crippen molar-refractivity contribution in [2.24, 2.45) is 0 Å². The quantitative estimate of drug-likeness (QED) is 0.486. The zero-order chi connectivity index (χ0) is 21.3. The molecule has 0 atom stereocenters. The van der Waals surface area contributed by atoms with Gasteiger partial charge in [-0.2, -0.15) is 0 Å². The van der Waals surface area contributed by atoms with Crippen molar-refractivity contribution in [3.05, 3.63) is 95.1 Å². The van der Waals surface area contributed by atoms with E-state index in [0.717, 1.165) is 28.8 Å². The van der Waals surface area contributed by atoms with Gasteiger partial charge in [0.2, 0.25) is 5.91 Å². The zero-order valence-corrected chi connectivity index (χ0v) is 17.6. The summed E-state index contributed by atoms with van der Waals surface area (Å²) >= 11 is 0. The molecule has 0 saturated carbocycles. The molecule has 0 aliphatic heterocycles. The number of para-hydroxylation sites is 1. The number of carbonyl (C=O) groups excluding carboxylic acids is 1. The summed E-state index contributed by atoms with van der Waals surface area (Å²) in [6.07, 6.45) is 4.15. The predicted octanol–water partition coefficient (Wildman–Crippen LogP) is 5.80. The van der Waals surface area contributed by atoms with Crippen LogP contribution in [0.2, 0.25) is 0 Å². The molecule has 0 aliphatic rings. The number of nitrogens with one attached hydrogen (secondary N) is 1. The number of ether oxygens (including phenoxy) is 2. The predicted molar refractivity (Wildman–Crippen MR) is 122 cm³/mol. The molecule has 3 rings (SSSR count). The summed E-state index contributed by atoms with van der Waals surface area (Å²) in [4.78, 5) is 12.3. The van der Waals surface area contributed by atoms with E-state index in [-0.39, 0.29) is 5.91 Å². The van der Waals surface area contributed by atoms with Crippen LogP contribution >= 0.6 is 0 Å². The smallest absolute Gasteiger partial charge is 0.248 e. The van der Waals surface area contributed by atoms with E-state index in [9.17, 15) is 4.79 Å². The lowest BCUT2D eigenvalue weighted by molar-refractivity contribution is -0.111. The average molecular weight is 402 g/mol. The minimum absolute atomic E-state index is 0.172. The van der Waals surface area contributed by atoms with Crippen LogP contribution in [-0.4, -0.2) is 13.0 Å². The molecule has 0 aliphatic carbocycles. The van der Waals surface area contributed by atoms with Gasteiger partial charge in [0.15, 0.2) is 11.5 Å². The van der Waals surface area contributed by atoms with Crippen molar-refractivity contribution < 1.29 is 14.3 Å². The Kier molecular flexibility index (Phi) is 7.28. The molecule has 154 valence electrons. The van der Waals surface area contributed by atoms with Crippen LogP contribution in [0.5, 0.6) is 11.5 Å². The summed E-state index contributed by atoms with van der Waals surface area (Å²) in [5.74, 6) is 1.12. The minimum Gasteiger partial charge on any atom is -0.493 e. The molecule has 0 spiro atoms. The van der Waals surface area contributed by atoms with Crippen molar-refractivity contribution in [2.45, 2.75) is 26.9 Å². The molecule has 4 heteroatoms. The molecule has 0 fully saturated rings. The topological polar surface area (TPSA) is 47.6 Å². The summed E-state index contributed by atoms with van der Waals surface area (Å²) in [6, 6.07) is 21.6. The summed E-state index contributed by atoms with van der Waals surface area (Å²) < 4.78 is 11.4. The van der Waals surface area contributed by atoms with Crippen molar-refractivity contribution in [3.63, 3.8) is 0 Å². The van der Waals surface area contributed by atoms with Gasteiger partial charge in [0.1, 0.15) is 6.61 Å². The van der Waals surface area contributed by atoms with E-state index < -0.39 is 0 Å². The lowest BCUT2D eigenvalue weighted by atomic mass is 10.1. The van der Waals surface area contributed by atoms with Gasteiger partial charge in [-0.15, -0.1) is 0 Å². The molecular formula is C26H27NO3. The number of aryl methyl sites for hydroxylation is 2. The van der Waals surface area contributed by atoms with Crippen molar-refractivity contribution in [2.75, 3.05) is 12.4 Å². The standard InChI is InChI=1S/C26H27NO3/c1-4-21-10-7-8-12-23(21)27-26(28)16-14-20-13-15-24(25(17-20)29-3)30-18-22-11-6-5-9-19(22)2/h5-17H,4,18H2,1-3H3,(H,27,28)/b16-14+. The zero-order valence-electron chi connectivity index (χ0n) is 17.6. The van der Waals surface area contributed by atoms with E-state index in [2.05, 4.69) is 25.2 Å². The van der Waals surface area contributed by atoms with E-state index in [1.165, 1.54) is 11.6 Å². The third kappa shape index (κ3) is 5.51. The largest absolute Gasteiger partial charge is 0.493 e. The third-order valence-corrected chi connectivity index (χ3v) is 4.92. The van der Waals surface area contributed by atoms with Gasteiger partial charge in [-0.1, -0.05) is 55.5 Å². The fraction of sp³-hybridized carbons (Fsp3) is 0.192. The van der Waals surface area contributed by atoms with E-state index >= 15 is 0 Å². The number of hydrogen-bond donors (Lipinski definition) is 1. The van der Waals surface area contributed by atoms with Crippen LogP contribution < -0.4 is 14.8 Å². The summed E-state index contributed by atoms with van der Waals surface area (Å²) in [7, 11) is 1.61. The van der Waals surface area contributed by atoms with Gasteiger partial charge in [-0.3, -0.25) is 4.79 Å². The Morgan fingerprint density at radius 2 is 1.70 bits per heavy atom. The molecule has 0 bridgehead atoms. The molecule has 1 amide bonds. The molecule has 30 heavy (non-hydrogen) atoms. The minimum atomic E-state index is -0.172. The number of methoxy groups -OCH3 is 1. The molecule has 0 saturated heterocycles. The number of amides is 1. The van der Waals surface area contributed by atoms with Gasteiger partial charge in [0.25, 0.3) is 0 Å². The molecule has 0 aromatic heterocycles. The molecule has 3 aromatic carbocycles. The second kappa shape index (κ2) is 10.3. The first-order chi connectivity index (χ1) is 14.6. The normalized spacial score (nSPS) is 10.8. The molecule has 4 nitrogen and oxygen atoms in total. The van der Waals surface area contributed by atoms with E-state index in [1.54, 1.807) is 13.2 Å². The van der Waals surface area contributed by atoms with Crippen LogP contribution in [-0.2, 0) is 17.8 Å². The van der Waals surface area contributed by atoms with Gasteiger partial charge in [-0.25, -0.2) is 0 Å². The second-order valence-corrected chi connectivity index (χ2v) is 6.96. The van der Waals surface area contributed by atoms with Gasteiger partial charge >= 0.3 is 0 Å². The number of benzene rings is 3. The maximum atomic E-state index is 12.3. The lowest BCUT2D eigenvalue weighted by Gasteiger charge is -2.12. The molecule has 0 unspecified atom stereocenters. The van der Waals surface area contributed by atoms with Crippen LogP contribution in [0.3, 0.4) is 0 Å². The van der Waals surface area contributed by atoms with E-state index in [4.69, 9.17) is 9.47 Å². The first-order valence-electron chi connectivity index (χ1n) is 10.0. The highest BCUT2D eigenvalue weighted by Gasteiger charge is 2.07. The number of hydrogen-bond acceptors (Lipinski definition) is 3. The Bertz CT molecular complexity index is 1040. The highest BCUT2D eigenvalue weighted by Crippen LogP contribution is 2.29. The highest BCUT2D eigenvalue weighted by molar-refractivity contribution is 6.02. The van der Waals surface area contributed by atoms with Gasteiger partial charge in [0, 0.05) is 11.8 Å². The molecular weight excluding hydrogens is 374 g/mol. The Balaban J connectivity index is 1.66. The van der Waals surface area contributed by atoms with Crippen molar-refractivity contribution in [1.29, 1.82) is 0 Å². The maximum Gasteiger partial charge on any atom is 0.248 e. The number of rotatable bonds is 8. The lowest BCUT2D eigenvalue weighted by Crippen LogP contribution is -2.09. The SMILES string of the molecule is CCc1ccccc1NC(=O)/C=C/c1ccc(OCc2ccccc2C)c(OC)c1. The summed E-state index contributed by atoms with van der Waals surface area (Å²) in [6.45, 7) is 4.60. The Morgan fingerprint density at radius 3 is 2.43 bits per heavy atom. The van der Waals surface area contributed by atoms with Crippen LogP contribution in [0.15, 0.2) is 72.8 Å². The highest BCUT2D eigenvalue weighted by atomic mass is 16.5. The van der Waals surface area contributed by atoms with Crippen LogP contribution in [0, 0.1) is 6.92 Å². The first kappa shape index (κ1) is 21.2. The van der Waals surface area contributed by atoms with Crippen molar-refractivity contribution in [3.8, 4) is 11.5 Å². The van der Waals surface area contributed by atoms with Gasteiger partial charge < -0.3 is 14.8 Å². The molecule has 0 radical (unpaired) electrons.